The Bertz CT molecular complexity index is 827. The average molecular weight is 393 g/mol. The molecule has 1 saturated heterocycles. The van der Waals surface area contributed by atoms with Gasteiger partial charge in [0.05, 0.1) is 19.4 Å². The number of aromatic nitrogens is 2. The van der Waals surface area contributed by atoms with Crippen molar-refractivity contribution in [1.29, 1.82) is 0 Å². The molecular formula is C20H25F2N3O3. The lowest BCUT2D eigenvalue weighted by Gasteiger charge is -2.11. The first-order valence-corrected chi connectivity index (χ1v) is 9.31. The second-order valence-electron chi connectivity index (χ2n) is 7.17. The number of rotatable bonds is 4. The van der Waals surface area contributed by atoms with Crippen LogP contribution in [0.25, 0.3) is 0 Å². The van der Waals surface area contributed by atoms with Crippen LogP contribution >= 0.6 is 0 Å². The predicted molar refractivity (Wildman–Crippen MR) is 99.0 cm³/mol. The first-order chi connectivity index (χ1) is 13.4. The van der Waals surface area contributed by atoms with Crippen LogP contribution in [-0.2, 0) is 16.6 Å². The molecule has 1 amide bonds. The summed E-state index contributed by atoms with van der Waals surface area (Å²) in [6, 6.07) is 4.05. The van der Waals surface area contributed by atoms with E-state index in [0.29, 0.717) is 5.92 Å². The van der Waals surface area contributed by atoms with Crippen LogP contribution in [0.5, 0.6) is 5.75 Å². The van der Waals surface area contributed by atoms with Gasteiger partial charge in [0.25, 0.3) is 0 Å². The van der Waals surface area contributed by atoms with Crippen LogP contribution < -0.4 is 10.1 Å². The largest absolute Gasteiger partial charge is 0.494 e. The van der Waals surface area contributed by atoms with Crippen molar-refractivity contribution < 1.29 is 23.0 Å². The lowest BCUT2D eigenvalue weighted by molar-refractivity contribution is -0.131. The van der Waals surface area contributed by atoms with E-state index >= 15 is 0 Å². The number of amides is 1. The number of halogens is 2. The Labute approximate surface area is 162 Å². The minimum absolute atomic E-state index is 0.0516. The van der Waals surface area contributed by atoms with Gasteiger partial charge in [0.2, 0.25) is 11.7 Å². The molecule has 8 heteroatoms. The van der Waals surface area contributed by atoms with Gasteiger partial charge in [-0.25, -0.2) is 4.39 Å². The van der Waals surface area contributed by atoms with Gasteiger partial charge in [-0.15, -0.1) is 0 Å². The summed E-state index contributed by atoms with van der Waals surface area (Å²) in [5.74, 6) is -1.42. The molecule has 2 aromatic rings. The molecule has 1 aromatic carbocycles. The van der Waals surface area contributed by atoms with Crippen LogP contribution in [0.4, 0.5) is 8.78 Å². The first-order valence-electron chi connectivity index (χ1n) is 9.31. The molecule has 4 rings (SSSR count). The number of hydrogen-bond acceptors (Lipinski definition) is 4. The number of hydrogen-bond donors (Lipinski definition) is 1. The summed E-state index contributed by atoms with van der Waals surface area (Å²) in [5, 5.41) is 7.23. The van der Waals surface area contributed by atoms with Gasteiger partial charge in [-0.2, -0.15) is 9.49 Å². The maximum Gasteiger partial charge on any atom is 0.249 e. The Hall–Kier alpha value is -2.48. The monoisotopic (exact) mass is 393 g/mol. The molecule has 1 aliphatic heterocycles. The fourth-order valence-electron chi connectivity index (χ4n) is 3.27. The zero-order chi connectivity index (χ0) is 20.3. The van der Waals surface area contributed by atoms with E-state index in [1.807, 2.05) is 26.4 Å². The molecule has 0 radical (unpaired) electrons. The number of carbonyl (C=O) groups excluding carboxylic acids is 1. The third kappa shape index (κ3) is 4.86. The molecule has 28 heavy (non-hydrogen) atoms. The van der Waals surface area contributed by atoms with Crippen molar-refractivity contribution in [3.63, 3.8) is 0 Å². The van der Waals surface area contributed by atoms with Crippen molar-refractivity contribution in [2.24, 2.45) is 7.05 Å². The maximum atomic E-state index is 12.5. The van der Waals surface area contributed by atoms with E-state index in [-0.39, 0.29) is 29.9 Å². The van der Waals surface area contributed by atoms with Crippen molar-refractivity contribution in [3.8, 4) is 5.75 Å². The molecular weight excluding hydrogens is 368 g/mol. The van der Waals surface area contributed by atoms with E-state index in [1.54, 1.807) is 4.68 Å². The van der Waals surface area contributed by atoms with Crippen LogP contribution in [0.3, 0.4) is 0 Å². The van der Waals surface area contributed by atoms with Gasteiger partial charge in [-0.1, -0.05) is 6.07 Å². The van der Waals surface area contributed by atoms with Crippen LogP contribution in [-0.4, -0.2) is 41.0 Å². The van der Waals surface area contributed by atoms with Crippen molar-refractivity contribution in [3.05, 3.63) is 47.8 Å². The van der Waals surface area contributed by atoms with Gasteiger partial charge in [-0.3, -0.25) is 9.48 Å². The van der Waals surface area contributed by atoms with Gasteiger partial charge in [0, 0.05) is 25.2 Å². The van der Waals surface area contributed by atoms with E-state index in [2.05, 4.69) is 15.2 Å². The summed E-state index contributed by atoms with van der Waals surface area (Å²) in [4.78, 5) is 12.0. The van der Waals surface area contributed by atoms with Gasteiger partial charge in [0.1, 0.15) is 6.10 Å². The summed E-state index contributed by atoms with van der Waals surface area (Å²) >= 11 is 0. The highest BCUT2D eigenvalue weighted by Gasteiger charge is 2.42. The quantitative estimate of drug-likeness (QED) is 0.868. The van der Waals surface area contributed by atoms with Crippen LogP contribution in [0.15, 0.2) is 30.6 Å². The first kappa shape index (κ1) is 20.3. The fraction of sp³-hybridized carbons (Fsp3) is 0.500. The number of nitrogens with one attached hydrogen (secondary N) is 1. The second-order valence-corrected chi connectivity index (χ2v) is 7.17. The van der Waals surface area contributed by atoms with Crippen LogP contribution in [0, 0.1) is 11.6 Å². The normalized spacial score (nSPS) is 25.6. The molecule has 1 saturated carbocycles. The second kappa shape index (κ2) is 8.68. The van der Waals surface area contributed by atoms with Gasteiger partial charge in [-0.05, 0) is 43.9 Å². The summed E-state index contributed by atoms with van der Waals surface area (Å²) in [7, 11) is 3.20. The average Bonchev–Trinajstić information content (AvgIpc) is 3.06. The van der Waals surface area contributed by atoms with Crippen LogP contribution in [0.2, 0.25) is 0 Å². The smallest absolute Gasteiger partial charge is 0.249 e. The van der Waals surface area contributed by atoms with Gasteiger partial charge >= 0.3 is 0 Å². The van der Waals surface area contributed by atoms with Gasteiger partial charge in [0.15, 0.2) is 11.6 Å². The molecule has 1 N–H and O–H groups in total. The predicted octanol–water partition coefficient (Wildman–Crippen LogP) is 2.93. The topological polar surface area (TPSA) is 65.4 Å². The summed E-state index contributed by atoms with van der Waals surface area (Å²) in [6.45, 7) is 2.02. The summed E-state index contributed by atoms with van der Waals surface area (Å²) in [5.41, 5.74) is 1.21. The molecule has 1 aromatic heterocycles. The zero-order valence-corrected chi connectivity index (χ0v) is 16.2. The maximum absolute atomic E-state index is 12.5. The van der Waals surface area contributed by atoms with Crippen molar-refractivity contribution in [1.82, 2.24) is 15.1 Å². The van der Waals surface area contributed by atoms with E-state index < -0.39 is 11.6 Å². The molecule has 4 atom stereocenters. The van der Waals surface area contributed by atoms with E-state index in [9.17, 15) is 13.6 Å². The Balaban J connectivity index is 0.000000192. The Morgan fingerprint density at radius 3 is 2.71 bits per heavy atom. The van der Waals surface area contributed by atoms with Crippen LogP contribution in [0.1, 0.15) is 37.7 Å². The highest BCUT2D eigenvalue weighted by Crippen LogP contribution is 2.40. The molecule has 2 fully saturated rings. The van der Waals surface area contributed by atoms with E-state index in [0.717, 1.165) is 25.3 Å². The van der Waals surface area contributed by atoms with E-state index in [4.69, 9.17) is 4.74 Å². The number of carbonyl (C=O) groups is 1. The highest BCUT2D eigenvalue weighted by molar-refractivity contribution is 5.81. The van der Waals surface area contributed by atoms with Gasteiger partial charge < -0.3 is 14.8 Å². The molecule has 3 unspecified atom stereocenters. The molecule has 2 aliphatic rings. The Morgan fingerprint density at radius 2 is 2.14 bits per heavy atom. The van der Waals surface area contributed by atoms with Crippen molar-refractivity contribution >= 4 is 5.91 Å². The Morgan fingerprint density at radius 1 is 1.36 bits per heavy atom. The SMILES string of the molecule is CC1CCC(C(=O)N[C@@H]2CC2c2cnn(C)c2)O1.COc1cccc(F)c1F. The highest BCUT2D eigenvalue weighted by atomic mass is 19.2. The molecule has 0 bridgehead atoms. The number of methoxy groups -OCH3 is 1. The standard InChI is InChI=1S/C13H19N3O2.C7H6F2O/c1-8-3-4-12(18-8)13(17)15-11-5-10(11)9-6-14-16(2)7-9;1-10-6-4-2-3-5(8)7(6)9/h6-8,10-12H,3-5H2,1-2H3,(H,15,17);2-4H,1H3/t8?,10?,11-,12?;/m1./s1. The Kier molecular flexibility index (Phi) is 6.28. The summed E-state index contributed by atoms with van der Waals surface area (Å²) in [6.07, 6.45) is 6.71. The number of ether oxygens (including phenoxy) is 2. The molecule has 2 heterocycles. The third-order valence-electron chi connectivity index (χ3n) is 4.93. The third-order valence-corrected chi connectivity index (χ3v) is 4.93. The van der Waals surface area contributed by atoms with E-state index in [1.165, 1.54) is 24.8 Å². The minimum atomic E-state index is -0.940. The van der Waals surface area contributed by atoms with Crippen molar-refractivity contribution in [2.75, 3.05) is 7.11 Å². The number of nitrogens with zero attached hydrogens (tertiary/aromatic N) is 2. The summed E-state index contributed by atoms with van der Waals surface area (Å²) < 4.78 is 36.7. The molecule has 152 valence electrons. The molecule has 1 aliphatic carbocycles. The molecule has 0 spiro atoms. The molecule has 6 nitrogen and oxygen atoms in total. The lowest BCUT2D eigenvalue weighted by Crippen LogP contribution is -2.36. The number of benzene rings is 1. The zero-order valence-electron chi connectivity index (χ0n) is 16.2. The minimum Gasteiger partial charge on any atom is -0.494 e. The number of aryl methyl sites for hydroxylation is 1. The fourth-order valence-corrected chi connectivity index (χ4v) is 3.27. The van der Waals surface area contributed by atoms with Crippen molar-refractivity contribution in [2.45, 2.75) is 50.4 Å². The lowest BCUT2D eigenvalue weighted by atomic mass is 10.2.